The Morgan fingerprint density at radius 1 is 1.00 bits per heavy atom. The van der Waals surface area contributed by atoms with Crippen LogP contribution in [0, 0.1) is 5.82 Å². The first kappa shape index (κ1) is 15.8. The summed E-state index contributed by atoms with van der Waals surface area (Å²) in [5, 5.41) is 2.72. The van der Waals surface area contributed by atoms with Crippen molar-refractivity contribution in [1.29, 1.82) is 0 Å². The van der Waals surface area contributed by atoms with Gasteiger partial charge in [0, 0.05) is 29.6 Å². The minimum absolute atomic E-state index is 0.250. The van der Waals surface area contributed by atoms with Crippen LogP contribution in [0.1, 0.15) is 15.9 Å². The van der Waals surface area contributed by atoms with E-state index in [0.717, 1.165) is 16.8 Å². The average Bonchev–Trinajstić information content (AvgIpc) is 2.64. The number of benzene rings is 2. The van der Waals surface area contributed by atoms with E-state index in [1.165, 1.54) is 24.3 Å². The molecule has 2 aromatic carbocycles. The van der Waals surface area contributed by atoms with Crippen LogP contribution in [-0.4, -0.2) is 10.9 Å². The SMILES string of the molecule is NCc1ccc(-c2ccc(C(=O)Nc3ccc(F)cc3)cc2)nc1. The van der Waals surface area contributed by atoms with Crippen LogP contribution < -0.4 is 11.1 Å². The summed E-state index contributed by atoms with van der Waals surface area (Å²) in [5.41, 5.74) is 9.32. The zero-order valence-corrected chi connectivity index (χ0v) is 12.9. The second kappa shape index (κ2) is 7.02. The number of halogens is 1. The molecule has 1 amide bonds. The Labute approximate surface area is 139 Å². The maximum Gasteiger partial charge on any atom is 0.255 e. The number of pyridine rings is 1. The van der Waals surface area contributed by atoms with Crippen molar-refractivity contribution in [3.63, 3.8) is 0 Å². The van der Waals surface area contributed by atoms with Gasteiger partial charge in [0.1, 0.15) is 5.82 Å². The zero-order valence-electron chi connectivity index (χ0n) is 12.9. The van der Waals surface area contributed by atoms with Gasteiger partial charge in [-0.1, -0.05) is 18.2 Å². The molecule has 0 radical (unpaired) electrons. The lowest BCUT2D eigenvalue weighted by Crippen LogP contribution is -2.11. The monoisotopic (exact) mass is 321 g/mol. The van der Waals surface area contributed by atoms with Crippen LogP contribution in [0.2, 0.25) is 0 Å². The number of nitrogens with one attached hydrogen (secondary N) is 1. The second-order valence-corrected chi connectivity index (χ2v) is 5.29. The van der Waals surface area contributed by atoms with E-state index in [9.17, 15) is 9.18 Å². The topological polar surface area (TPSA) is 68.0 Å². The van der Waals surface area contributed by atoms with Crippen molar-refractivity contribution >= 4 is 11.6 Å². The van der Waals surface area contributed by atoms with Crippen molar-refractivity contribution in [3.05, 3.63) is 83.8 Å². The molecule has 1 heterocycles. The first-order valence-electron chi connectivity index (χ1n) is 7.48. The van der Waals surface area contributed by atoms with Gasteiger partial charge in [0.25, 0.3) is 5.91 Å². The average molecular weight is 321 g/mol. The van der Waals surface area contributed by atoms with Gasteiger partial charge in [0.15, 0.2) is 0 Å². The van der Waals surface area contributed by atoms with Gasteiger partial charge in [0.05, 0.1) is 5.69 Å². The summed E-state index contributed by atoms with van der Waals surface area (Å²) in [6.07, 6.45) is 1.74. The van der Waals surface area contributed by atoms with Crippen LogP contribution in [0.15, 0.2) is 66.9 Å². The number of nitrogens with zero attached hydrogens (tertiary/aromatic N) is 1. The van der Waals surface area contributed by atoms with Gasteiger partial charge in [-0.2, -0.15) is 0 Å². The molecule has 5 heteroatoms. The third-order valence-electron chi connectivity index (χ3n) is 3.61. The largest absolute Gasteiger partial charge is 0.326 e. The molecule has 0 aliphatic rings. The highest BCUT2D eigenvalue weighted by Gasteiger charge is 2.07. The summed E-state index contributed by atoms with van der Waals surface area (Å²) >= 11 is 0. The molecule has 0 saturated carbocycles. The van der Waals surface area contributed by atoms with E-state index >= 15 is 0 Å². The minimum Gasteiger partial charge on any atom is -0.326 e. The van der Waals surface area contributed by atoms with E-state index in [1.807, 2.05) is 24.3 Å². The molecule has 1 aromatic heterocycles. The standard InChI is InChI=1S/C19H16FN3O/c20-16-6-8-17(9-7-16)23-19(24)15-4-2-14(3-5-15)18-10-1-13(11-21)12-22-18/h1-10,12H,11,21H2,(H,23,24). The number of anilines is 1. The van der Waals surface area contributed by atoms with Gasteiger partial charge in [-0.3, -0.25) is 9.78 Å². The van der Waals surface area contributed by atoms with Crippen LogP contribution in [0.3, 0.4) is 0 Å². The molecule has 0 aliphatic carbocycles. The van der Waals surface area contributed by atoms with Crippen molar-refractivity contribution in [2.45, 2.75) is 6.54 Å². The van der Waals surface area contributed by atoms with Crippen LogP contribution >= 0.6 is 0 Å². The van der Waals surface area contributed by atoms with Crippen molar-refractivity contribution < 1.29 is 9.18 Å². The number of carbonyl (C=O) groups excluding carboxylic acids is 1. The van der Waals surface area contributed by atoms with Gasteiger partial charge in [-0.05, 0) is 48.0 Å². The van der Waals surface area contributed by atoms with Crippen molar-refractivity contribution in [3.8, 4) is 11.3 Å². The summed E-state index contributed by atoms with van der Waals surface area (Å²) in [5.74, 6) is -0.592. The quantitative estimate of drug-likeness (QED) is 0.771. The molecule has 3 aromatic rings. The number of aromatic nitrogens is 1. The molecule has 3 N–H and O–H groups in total. The Morgan fingerprint density at radius 3 is 2.29 bits per heavy atom. The van der Waals surface area contributed by atoms with Gasteiger partial charge in [0.2, 0.25) is 0 Å². The van der Waals surface area contributed by atoms with Gasteiger partial charge >= 0.3 is 0 Å². The molecule has 0 aliphatic heterocycles. The first-order chi connectivity index (χ1) is 11.7. The molecule has 3 rings (SSSR count). The lowest BCUT2D eigenvalue weighted by molar-refractivity contribution is 0.102. The molecule has 0 spiro atoms. The number of hydrogen-bond donors (Lipinski definition) is 2. The maximum absolute atomic E-state index is 12.9. The Bertz CT molecular complexity index is 828. The molecule has 24 heavy (non-hydrogen) atoms. The first-order valence-corrected chi connectivity index (χ1v) is 7.48. The molecule has 0 saturated heterocycles. The summed E-state index contributed by atoms with van der Waals surface area (Å²) in [6, 6.07) is 16.6. The fourth-order valence-electron chi connectivity index (χ4n) is 2.24. The van der Waals surface area contributed by atoms with Gasteiger partial charge in [-0.25, -0.2) is 4.39 Å². The van der Waals surface area contributed by atoms with E-state index in [2.05, 4.69) is 10.3 Å². The molecule has 0 atom stereocenters. The number of amides is 1. The highest BCUT2D eigenvalue weighted by molar-refractivity contribution is 6.04. The zero-order chi connectivity index (χ0) is 16.9. The van der Waals surface area contributed by atoms with Crippen LogP contribution in [0.25, 0.3) is 11.3 Å². The summed E-state index contributed by atoms with van der Waals surface area (Å²) < 4.78 is 12.9. The van der Waals surface area contributed by atoms with Gasteiger partial charge in [-0.15, -0.1) is 0 Å². The fraction of sp³-hybridized carbons (Fsp3) is 0.0526. The Kier molecular flexibility index (Phi) is 4.63. The Morgan fingerprint density at radius 2 is 1.71 bits per heavy atom. The predicted molar refractivity (Wildman–Crippen MR) is 91.9 cm³/mol. The molecule has 0 unspecified atom stereocenters. The number of carbonyl (C=O) groups is 1. The third kappa shape index (κ3) is 3.64. The molecule has 120 valence electrons. The Balaban J connectivity index is 1.73. The molecule has 4 nitrogen and oxygen atoms in total. The highest BCUT2D eigenvalue weighted by Crippen LogP contribution is 2.18. The van der Waals surface area contributed by atoms with E-state index in [-0.39, 0.29) is 11.7 Å². The minimum atomic E-state index is -0.342. The predicted octanol–water partition coefficient (Wildman–Crippen LogP) is 3.60. The summed E-state index contributed by atoms with van der Waals surface area (Å²) in [6.45, 7) is 0.454. The molecule has 0 fully saturated rings. The summed E-state index contributed by atoms with van der Waals surface area (Å²) in [7, 11) is 0. The van der Waals surface area contributed by atoms with Crippen LogP contribution in [-0.2, 0) is 6.54 Å². The molecular formula is C19H16FN3O. The number of nitrogens with two attached hydrogens (primary N) is 1. The number of rotatable bonds is 4. The van der Waals surface area contributed by atoms with Crippen molar-refractivity contribution in [2.24, 2.45) is 5.73 Å². The van der Waals surface area contributed by atoms with E-state index in [4.69, 9.17) is 5.73 Å². The van der Waals surface area contributed by atoms with E-state index in [1.54, 1.807) is 18.3 Å². The van der Waals surface area contributed by atoms with Crippen molar-refractivity contribution in [2.75, 3.05) is 5.32 Å². The smallest absolute Gasteiger partial charge is 0.255 e. The lowest BCUT2D eigenvalue weighted by Gasteiger charge is -2.07. The molecular weight excluding hydrogens is 305 g/mol. The van der Waals surface area contributed by atoms with Crippen LogP contribution in [0.4, 0.5) is 10.1 Å². The van der Waals surface area contributed by atoms with Crippen LogP contribution in [0.5, 0.6) is 0 Å². The Hall–Kier alpha value is -3.05. The normalized spacial score (nSPS) is 10.4. The number of hydrogen-bond acceptors (Lipinski definition) is 3. The maximum atomic E-state index is 12.9. The lowest BCUT2D eigenvalue weighted by atomic mass is 10.1. The van der Waals surface area contributed by atoms with E-state index < -0.39 is 0 Å². The molecule has 0 bridgehead atoms. The van der Waals surface area contributed by atoms with Crippen molar-refractivity contribution in [1.82, 2.24) is 4.98 Å². The fourth-order valence-corrected chi connectivity index (χ4v) is 2.24. The van der Waals surface area contributed by atoms with Gasteiger partial charge < -0.3 is 11.1 Å². The second-order valence-electron chi connectivity index (χ2n) is 5.29. The highest BCUT2D eigenvalue weighted by atomic mass is 19.1. The third-order valence-corrected chi connectivity index (χ3v) is 3.61. The summed E-state index contributed by atoms with van der Waals surface area (Å²) in [4.78, 5) is 16.6. The van der Waals surface area contributed by atoms with E-state index in [0.29, 0.717) is 17.8 Å².